The zero-order chi connectivity index (χ0) is 31.7. The van der Waals surface area contributed by atoms with Crippen LogP contribution in [0.5, 0.6) is 0 Å². The van der Waals surface area contributed by atoms with Gasteiger partial charge in [0.1, 0.15) is 5.54 Å². The number of carbonyl (C=O) groups is 2. The van der Waals surface area contributed by atoms with Gasteiger partial charge in [0.2, 0.25) is 5.91 Å². The SMILES string of the molecule is CCCC[C@](CS(=O)(=O)Cc1ccccc1)(C(=O)NC(=O)c1nc2ccccc2s1)N(Cc1ccccc1)Cc1ccccc1. The van der Waals surface area contributed by atoms with Crippen molar-refractivity contribution in [2.45, 2.75) is 50.6 Å². The Bertz CT molecular complexity index is 1750. The fourth-order valence-electron chi connectivity index (χ4n) is 5.56. The Balaban J connectivity index is 1.59. The highest BCUT2D eigenvalue weighted by Gasteiger charge is 2.47. The van der Waals surface area contributed by atoms with Crippen LogP contribution in [-0.4, -0.2) is 41.4 Å². The molecule has 0 aliphatic carbocycles. The number of nitrogens with zero attached hydrogens (tertiary/aromatic N) is 2. The molecule has 0 fully saturated rings. The minimum Gasteiger partial charge on any atom is -0.289 e. The van der Waals surface area contributed by atoms with Gasteiger partial charge in [0.15, 0.2) is 14.8 Å². The van der Waals surface area contributed by atoms with Gasteiger partial charge >= 0.3 is 0 Å². The molecule has 45 heavy (non-hydrogen) atoms. The number of nitrogens with one attached hydrogen (secondary N) is 1. The predicted octanol–water partition coefficient (Wildman–Crippen LogP) is 6.80. The van der Waals surface area contributed by atoms with Crippen molar-refractivity contribution in [3.8, 4) is 0 Å². The first-order chi connectivity index (χ1) is 21.8. The molecular weight excluding hydrogens is 603 g/mol. The number of hydrogen-bond donors (Lipinski definition) is 1. The summed E-state index contributed by atoms with van der Waals surface area (Å²) < 4.78 is 29.0. The number of unbranched alkanes of at least 4 members (excludes halogenated alkanes) is 1. The Kier molecular flexibility index (Phi) is 10.5. The molecule has 4 aromatic carbocycles. The number of aromatic nitrogens is 1. The summed E-state index contributed by atoms with van der Waals surface area (Å²) in [5.41, 5.74) is 1.62. The Hall–Kier alpha value is -4.18. The molecule has 0 saturated heterocycles. The lowest BCUT2D eigenvalue weighted by molar-refractivity contribution is -0.133. The van der Waals surface area contributed by atoms with Crippen LogP contribution in [0.2, 0.25) is 0 Å². The highest BCUT2D eigenvalue weighted by atomic mass is 32.2. The number of fused-ring (bicyclic) bond motifs is 1. The molecule has 0 aliphatic heterocycles. The van der Waals surface area contributed by atoms with E-state index in [0.717, 1.165) is 22.2 Å². The van der Waals surface area contributed by atoms with Gasteiger partial charge in [0.25, 0.3) is 5.91 Å². The molecule has 0 unspecified atom stereocenters. The van der Waals surface area contributed by atoms with E-state index < -0.39 is 32.9 Å². The zero-order valence-corrected chi connectivity index (χ0v) is 26.9. The van der Waals surface area contributed by atoms with Crippen molar-refractivity contribution < 1.29 is 18.0 Å². The van der Waals surface area contributed by atoms with E-state index in [4.69, 9.17) is 0 Å². The van der Waals surface area contributed by atoms with Crippen LogP contribution in [0.3, 0.4) is 0 Å². The summed E-state index contributed by atoms with van der Waals surface area (Å²) in [6.45, 7) is 2.62. The standard InChI is InChI=1S/C36H37N3O4S2/c1-2-3-23-36(27-45(42,43)26-30-19-11-6-12-20-30,35(41)38-33(40)34-37-31-21-13-14-22-32(31)44-34)39(24-28-15-7-4-8-16-28)25-29-17-9-5-10-18-29/h4-22H,2-3,23-27H2,1H3,(H,38,40,41)/t36-/m0/s1. The van der Waals surface area contributed by atoms with E-state index in [1.165, 1.54) is 11.3 Å². The number of sulfone groups is 1. The summed E-state index contributed by atoms with van der Waals surface area (Å²) in [7, 11) is -3.85. The number of thiazole rings is 1. The van der Waals surface area contributed by atoms with Gasteiger partial charge in [-0.2, -0.15) is 0 Å². The largest absolute Gasteiger partial charge is 0.289 e. The topological polar surface area (TPSA) is 96.4 Å². The Morgan fingerprint density at radius 2 is 1.31 bits per heavy atom. The van der Waals surface area contributed by atoms with E-state index in [1.807, 2.05) is 103 Å². The molecule has 0 bridgehead atoms. The van der Waals surface area contributed by atoms with E-state index in [1.54, 1.807) is 24.3 Å². The average molecular weight is 640 g/mol. The second kappa shape index (κ2) is 14.7. The summed E-state index contributed by atoms with van der Waals surface area (Å²) in [5, 5.41) is 2.76. The lowest BCUT2D eigenvalue weighted by atomic mass is 9.89. The third-order valence-corrected chi connectivity index (χ3v) is 10.5. The van der Waals surface area contributed by atoms with Gasteiger partial charge in [-0.25, -0.2) is 13.4 Å². The van der Waals surface area contributed by atoms with Gasteiger partial charge in [-0.1, -0.05) is 123 Å². The second-order valence-corrected chi connectivity index (χ2v) is 14.3. The minimum atomic E-state index is -3.85. The highest BCUT2D eigenvalue weighted by Crippen LogP contribution is 2.31. The molecule has 1 heterocycles. The van der Waals surface area contributed by atoms with Gasteiger partial charge in [-0.05, 0) is 35.2 Å². The first-order valence-corrected chi connectivity index (χ1v) is 17.7. The molecule has 0 spiro atoms. The molecule has 0 aliphatic rings. The Labute approximate surface area is 268 Å². The third kappa shape index (κ3) is 8.30. The van der Waals surface area contributed by atoms with Crippen LogP contribution in [0, 0.1) is 0 Å². The molecule has 232 valence electrons. The van der Waals surface area contributed by atoms with Crippen molar-refractivity contribution in [1.82, 2.24) is 15.2 Å². The van der Waals surface area contributed by atoms with Crippen molar-refractivity contribution in [2.24, 2.45) is 0 Å². The molecule has 0 radical (unpaired) electrons. The predicted molar refractivity (Wildman–Crippen MR) is 180 cm³/mol. The van der Waals surface area contributed by atoms with E-state index >= 15 is 0 Å². The number of para-hydroxylation sites is 1. The van der Waals surface area contributed by atoms with Gasteiger partial charge in [-0.15, -0.1) is 11.3 Å². The van der Waals surface area contributed by atoms with Crippen LogP contribution in [-0.2, 0) is 33.5 Å². The van der Waals surface area contributed by atoms with Crippen molar-refractivity contribution >= 4 is 43.2 Å². The van der Waals surface area contributed by atoms with Gasteiger partial charge in [0.05, 0.1) is 21.7 Å². The van der Waals surface area contributed by atoms with E-state index in [2.05, 4.69) is 10.3 Å². The first kappa shape index (κ1) is 32.2. The van der Waals surface area contributed by atoms with E-state index in [-0.39, 0.29) is 17.2 Å². The van der Waals surface area contributed by atoms with Crippen molar-refractivity contribution in [1.29, 1.82) is 0 Å². The highest BCUT2D eigenvalue weighted by molar-refractivity contribution is 7.90. The number of hydrogen-bond acceptors (Lipinski definition) is 7. The summed E-state index contributed by atoms with van der Waals surface area (Å²) in [6.07, 6.45) is 1.57. The lowest BCUT2D eigenvalue weighted by Gasteiger charge is -2.43. The number of amides is 2. The smallest absolute Gasteiger partial charge is 0.286 e. The Morgan fingerprint density at radius 3 is 1.87 bits per heavy atom. The number of benzene rings is 4. The minimum absolute atomic E-state index is 0.152. The molecular formula is C36H37N3O4S2. The molecule has 0 saturated carbocycles. The summed E-state index contributed by atoms with van der Waals surface area (Å²) in [5.74, 6) is -1.94. The molecule has 1 atom stereocenters. The number of imide groups is 1. The van der Waals surface area contributed by atoms with Gasteiger partial charge in [0, 0.05) is 13.1 Å². The Morgan fingerprint density at radius 1 is 0.778 bits per heavy atom. The van der Waals surface area contributed by atoms with Crippen LogP contribution >= 0.6 is 11.3 Å². The zero-order valence-electron chi connectivity index (χ0n) is 25.3. The quantitative estimate of drug-likeness (QED) is 0.144. The number of carbonyl (C=O) groups excluding carboxylic acids is 2. The molecule has 5 rings (SSSR count). The summed E-state index contributed by atoms with van der Waals surface area (Å²) in [6, 6.07) is 35.8. The molecule has 5 aromatic rings. The van der Waals surface area contributed by atoms with Crippen LogP contribution in [0.25, 0.3) is 10.2 Å². The summed E-state index contributed by atoms with van der Waals surface area (Å²) in [4.78, 5) is 34.6. The molecule has 2 amide bonds. The molecule has 7 nitrogen and oxygen atoms in total. The van der Waals surface area contributed by atoms with Crippen LogP contribution in [0.15, 0.2) is 115 Å². The van der Waals surface area contributed by atoms with E-state index in [0.29, 0.717) is 30.6 Å². The number of rotatable bonds is 14. The average Bonchev–Trinajstić information content (AvgIpc) is 3.49. The van der Waals surface area contributed by atoms with Crippen molar-refractivity contribution in [3.63, 3.8) is 0 Å². The van der Waals surface area contributed by atoms with Crippen LogP contribution in [0.4, 0.5) is 0 Å². The maximum atomic E-state index is 14.7. The second-order valence-electron chi connectivity index (χ2n) is 11.3. The van der Waals surface area contributed by atoms with Crippen molar-refractivity contribution in [2.75, 3.05) is 5.75 Å². The van der Waals surface area contributed by atoms with Gasteiger partial charge in [-0.3, -0.25) is 19.8 Å². The summed E-state index contributed by atoms with van der Waals surface area (Å²) >= 11 is 1.20. The maximum absolute atomic E-state index is 14.7. The fraction of sp³-hybridized carbons (Fsp3) is 0.250. The third-order valence-electron chi connectivity index (χ3n) is 7.81. The molecule has 1 N–H and O–H groups in total. The van der Waals surface area contributed by atoms with Crippen LogP contribution < -0.4 is 5.32 Å². The molecule has 9 heteroatoms. The maximum Gasteiger partial charge on any atom is 0.286 e. The molecule has 1 aromatic heterocycles. The lowest BCUT2D eigenvalue weighted by Crippen LogP contribution is -2.62. The first-order valence-electron chi connectivity index (χ1n) is 15.1. The van der Waals surface area contributed by atoms with Crippen molar-refractivity contribution in [3.05, 3.63) is 137 Å². The monoisotopic (exact) mass is 639 g/mol. The van der Waals surface area contributed by atoms with Gasteiger partial charge < -0.3 is 0 Å². The normalized spacial score (nSPS) is 13.0. The fourth-order valence-corrected chi connectivity index (χ4v) is 8.41. The van der Waals surface area contributed by atoms with E-state index in [9.17, 15) is 18.0 Å². The van der Waals surface area contributed by atoms with Crippen LogP contribution in [0.1, 0.15) is 52.7 Å².